The van der Waals surface area contributed by atoms with E-state index in [1.807, 2.05) is 38.1 Å². The Balaban J connectivity index is 1.79. The van der Waals surface area contributed by atoms with Crippen molar-refractivity contribution in [3.63, 3.8) is 0 Å². The van der Waals surface area contributed by atoms with Gasteiger partial charge >= 0.3 is 5.97 Å². The zero-order valence-electron chi connectivity index (χ0n) is 26.3. The molecule has 226 valence electrons. The smallest absolute Gasteiger partial charge is 0.305 e. The monoisotopic (exact) mass is 591 g/mol. The Morgan fingerprint density at radius 1 is 1.00 bits per heavy atom. The van der Waals surface area contributed by atoms with Crippen molar-refractivity contribution in [2.24, 2.45) is 0 Å². The third kappa shape index (κ3) is 4.32. The molecule has 2 aromatic heterocycles. The first-order chi connectivity index (χ1) is 21.0. The van der Waals surface area contributed by atoms with Crippen LogP contribution in [0, 0.1) is 6.92 Å². The molecular weight excluding hydrogens is 554 g/mol. The van der Waals surface area contributed by atoms with Crippen LogP contribution in [0.15, 0.2) is 30.9 Å². The largest absolute Gasteiger partial charge is 0.469 e. The van der Waals surface area contributed by atoms with E-state index in [2.05, 4.69) is 37.3 Å². The van der Waals surface area contributed by atoms with E-state index < -0.39 is 5.91 Å². The van der Waals surface area contributed by atoms with Crippen LogP contribution in [-0.2, 0) is 9.53 Å². The van der Waals surface area contributed by atoms with E-state index in [1.54, 1.807) is 0 Å². The zero-order chi connectivity index (χ0) is 31.6. The van der Waals surface area contributed by atoms with Crippen LogP contribution in [0.5, 0.6) is 0 Å². The molecule has 0 spiro atoms. The van der Waals surface area contributed by atoms with E-state index in [9.17, 15) is 14.4 Å². The first kappa shape index (κ1) is 29.3. The number of amides is 2. The zero-order valence-corrected chi connectivity index (χ0v) is 26.3. The lowest BCUT2D eigenvalue weighted by molar-refractivity contribution is -0.140. The van der Waals surface area contributed by atoms with Gasteiger partial charge < -0.3 is 14.7 Å². The summed E-state index contributed by atoms with van der Waals surface area (Å²) in [6.07, 6.45) is 3.25. The van der Waals surface area contributed by atoms with Crippen molar-refractivity contribution < 1.29 is 19.1 Å². The number of imide groups is 1. The van der Waals surface area contributed by atoms with Crippen LogP contribution in [0.2, 0.25) is 0 Å². The molecule has 0 fully saturated rings. The fraction of sp³-hybridized carbons (Fsp3) is 0.343. The van der Waals surface area contributed by atoms with E-state index in [4.69, 9.17) is 14.7 Å². The number of aromatic amines is 2. The number of rotatable bonds is 5. The van der Waals surface area contributed by atoms with Crippen LogP contribution in [0.1, 0.15) is 119 Å². The summed E-state index contributed by atoms with van der Waals surface area (Å²) < 4.78 is 4.95. The number of nitrogens with zero attached hydrogens (tertiary/aromatic N) is 3. The van der Waals surface area contributed by atoms with Gasteiger partial charge in [0, 0.05) is 47.8 Å². The van der Waals surface area contributed by atoms with Gasteiger partial charge in [0.2, 0.25) is 0 Å². The summed E-state index contributed by atoms with van der Waals surface area (Å²) >= 11 is 0. The van der Waals surface area contributed by atoms with Crippen LogP contribution >= 0.6 is 0 Å². The Hall–Kier alpha value is -4.79. The highest BCUT2D eigenvalue weighted by molar-refractivity contribution is 6.23. The van der Waals surface area contributed by atoms with E-state index in [1.165, 1.54) is 19.1 Å². The molecule has 2 amide bonds. The van der Waals surface area contributed by atoms with Gasteiger partial charge in [-0.15, -0.1) is 0 Å². The quantitative estimate of drug-likeness (QED) is 0.289. The summed E-state index contributed by atoms with van der Waals surface area (Å²) in [6, 6.07) is 6.00. The van der Waals surface area contributed by atoms with Gasteiger partial charge in [0.05, 0.1) is 46.5 Å². The number of carbonyl (C=O) groups is 3. The second-order valence-corrected chi connectivity index (χ2v) is 11.9. The summed E-state index contributed by atoms with van der Waals surface area (Å²) in [5, 5.41) is 0. The molecule has 0 saturated heterocycles. The summed E-state index contributed by atoms with van der Waals surface area (Å²) in [4.78, 5) is 58.0. The van der Waals surface area contributed by atoms with Gasteiger partial charge in [0.1, 0.15) is 0 Å². The first-order valence-electron chi connectivity index (χ1n) is 15.0. The Morgan fingerprint density at radius 3 is 2.36 bits per heavy atom. The van der Waals surface area contributed by atoms with Crippen LogP contribution < -0.4 is 0 Å². The Labute approximate surface area is 256 Å². The molecule has 6 heterocycles. The number of allylic oxidation sites excluding steroid dienone is 5. The molecule has 1 unspecified atom stereocenters. The van der Waals surface area contributed by atoms with Gasteiger partial charge in [-0.2, -0.15) is 0 Å². The molecule has 2 atom stereocenters. The number of aromatic nitrogens is 4. The number of H-pyrrole nitrogens is 2. The number of fused-ring (bicyclic) bond motifs is 8. The van der Waals surface area contributed by atoms with Gasteiger partial charge in [-0.25, -0.2) is 9.97 Å². The van der Waals surface area contributed by atoms with Crippen molar-refractivity contribution in [1.82, 2.24) is 24.8 Å². The van der Waals surface area contributed by atoms with E-state index in [0.717, 1.165) is 68.3 Å². The SMILES string of the molecule is C=CC1=C(C)c2cc3[nH]c(c4c5[nH]c(cc6nc(cc1n2)C(C)=C6CC)c(C)c5C(=O)N(C)C4=O)[C@@H](CCC(=O)OC)C3C. The van der Waals surface area contributed by atoms with Gasteiger partial charge in [0.15, 0.2) is 0 Å². The van der Waals surface area contributed by atoms with Crippen molar-refractivity contribution in [1.29, 1.82) is 0 Å². The molecule has 0 radical (unpaired) electrons. The Kier molecular flexibility index (Phi) is 7.14. The molecule has 0 aromatic carbocycles. The second-order valence-electron chi connectivity index (χ2n) is 11.9. The molecule has 0 aliphatic carbocycles. The average Bonchev–Trinajstić information content (AvgIpc) is 3.68. The summed E-state index contributed by atoms with van der Waals surface area (Å²) in [7, 11) is 2.89. The predicted octanol–water partition coefficient (Wildman–Crippen LogP) is 6.87. The molecule has 9 heteroatoms. The lowest BCUT2D eigenvalue weighted by Gasteiger charge is -2.24. The third-order valence-electron chi connectivity index (χ3n) is 9.57. The van der Waals surface area contributed by atoms with E-state index in [-0.39, 0.29) is 30.1 Å². The lowest BCUT2D eigenvalue weighted by Crippen LogP contribution is -2.37. The average molecular weight is 592 g/mol. The summed E-state index contributed by atoms with van der Waals surface area (Å²) in [6.45, 7) is 14.2. The van der Waals surface area contributed by atoms with Gasteiger partial charge in [0.25, 0.3) is 11.8 Å². The number of methoxy groups -OCH3 is 1. The topological polar surface area (TPSA) is 121 Å². The van der Waals surface area contributed by atoms with Crippen molar-refractivity contribution in [2.75, 3.05) is 14.2 Å². The molecule has 9 nitrogen and oxygen atoms in total. The molecular formula is C35H37N5O4. The molecule has 4 aliphatic heterocycles. The third-order valence-corrected chi connectivity index (χ3v) is 9.57. The number of esters is 1. The number of carbonyl (C=O) groups excluding carboxylic acids is 3. The van der Waals surface area contributed by atoms with E-state index >= 15 is 0 Å². The van der Waals surface area contributed by atoms with Crippen molar-refractivity contribution in [3.8, 4) is 0 Å². The minimum atomic E-state index is -0.400. The minimum absolute atomic E-state index is 0.0805. The van der Waals surface area contributed by atoms with Gasteiger partial charge in [-0.05, 0) is 74.1 Å². The molecule has 2 N–H and O–H groups in total. The number of nitrogens with one attached hydrogen (secondary N) is 2. The van der Waals surface area contributed by atoms with Crippen molar-refractivity contribution in [3.05, 3.63) is 81.7 Å². The highest BCUT2D eigenvalue weighted by Crippen LogP contribution is 2.44. The molecule has 8 bridgehead atoms. The van der Waals surface area contributed by atoms with E-state index in [0.29, 0.717) is 28.8 Å². The van der Waals surface area contributed by atoms with Crippen LogP contribution in [0.25, 0.3) is 33.3 Å². The first-order valence-corrected chi connectivity index (χ1v) is 15.0. The summed E-state index contributed by atoms with van der Waals surface area (Å²) in [5.41, 5.74) is 11.7. The summed E-state index contributed by atoms with van der Waals surface area (Å²) in [5.74, 6) is -1.37. The normalized spacial score (nSPS) is 18.7. The maximum Gasteiger partial charge on any atom is 0.305 e. The maximum atomic E-state index is 14.0. The van der Waals surface area contributed by atoms with Crippen molar-refractivity contribution >= 4 is 51.1 Å². The van der Waals surface area contributed by atoms with Crippen molar-refractivity contribution in [2.45, 2.75) is 65.7 Å². The number of hydrogen-bond acceptors (Lipinski definition) is 6. The van der Waals surface area contributed by atoms with Gasteiger partial charge in [-0.3, -0.25) is 19.3 Å². The van der Waals surface area contributed by atoms with Crippen LogP contribution in [-0.4, -0.2) is 56.8 Å². The fourth-order valence-corrected chi connectivity index (χ4v) is 6.87. The Morgan fingerprint density at radius 2 is 1.68 bits per heavy atom. The molecule has 44 heavy (non-hydrogen) atoms. The maximum absolute atomic E-state index is 14.0. The van der Waals surface area contributed by atoms with Gasteiger partial charge in [-0.1, -0.05) is 26.5 Å². The number of aryl methyl sites for hydroxylation is 1. The number of ether oxygens (including phenoxy) is 1. The highest BCUT2D eigenvalue weighted by Gasteiger charge is 2.39. The van der Waals surface area contributed by atoms with Crippen LogP contribution in [0.4, 0.5) is 0 Å². The highest BCUT2D eigenvalue weighted by atomic mass is 16.5. The second kappa shape index (κ2) is 10.7. The van der Waals surface area contributed by atoms with Crippen LogP contribution in [0.3, 0.4) is 0 Å². The molecule has 6 rings (SSSR count). The lowest BCUT2D eigenvalue weighted by atomic mass is 9.84. The molecule has 4 aliphatic rings. The predicted molar refractivity (Wildman–Crippen MR) is 171 cm³/mol. The fourth-order valence-electron chi connectivity index (χ4n) is 6.87. The Bertz CT molecular complexity index is 1940. The molecule has 2 aromatic rings. The molecule has 0 saturated carbocycles. The minimum Gasteiger partial charge on any atom is -0.469 e. The number of hydrogen-bond donors (Lipinski definition) is 2. The standard InChI is InChI=1S/C35H37N5O4/c1-9-20-16(3)23-13-25-18(5)22(11-12-29(41)44-8)32(38-25)31-33-30(34(42)40(7)35(31)43)19(6)26(39-33)15-28-21(10-2)17(4)24(37-28)14-27(20)36-23/h9,13-15,18,22,38-39H,1,10-12H2,2-8H3/t18?,22-/m0/s1.